The summed E-state index contributed by atoms with van der Waals surface area (Å²) in [5.41, 5.74) is 1.62. The highest BCUT2D eigenvalue weighted by atomic mass is 32.2. The third-order valence-electron chi connectivity index (χ3n) is 4.99. The van der Waals surface area contributed by atoms with Gasteiger partial charge in [-0.25, -0.2) is 13.9 Å². The van der Waals surface area contributed by atoms with Crippen molar-refractivity contribution in [3.05, 3.63) is 24.3 Å². The molecule has 9 heteroatoms. The van der Waals surface area contributed by atoms with Crippen molar-refractivity contribution < 1.29 is 23.2 Å². The standard InChI is InChI=1S/C22H35N3O5S/c1-6-9-17-30-19-11-13-20(14-12-19)31(28,29)25(16-10-15-24(7-2)8-3)21(18(4)5)22(26)23-27/h11-14,18,21,27H,7-8,10,15-17H2,1-5H3,(H,23,26). The lowest BCUT2D eigenvalue weighted by Gasteiger charge is -2.32. The third-order valence-corrected chi connectivity index (χ3v) is 6.88. The molecular weight excluding hydrogens is 418 g/mol. The zero-order chi connectivity index (χ0) is 23.4. The van der Waals surface area contributed by atoms with Crippen LogP contribution in [0.3, 0.4) is 0 Å². The topological polar surface area (TPSA) is 99.2 Å². The van der Waals surface area contributed by atoms with E-state index in [2.05, 4.69) is 16.7 Å². The van der Waals surface area contributed by atoms with Crippen LogP contribution in [0.1, 0.15) is 41.0 Å². The highest BCUT2D eigenvalue weighted by molar-refractivity contribution is 7.89. The fourth-order valence-corrected chi connectivity index (χ4v) is 5.02. The summed E-state index contributed by atoms with van der Waals surface area (Å²) in [5, 5.41) is 9.21. The van der Waals surface area contributed by atoms with Crippen molar-refractivity contribution in [1.82, 2.24) is 14.7 Å². The Morgan fingerprint density at radius 3 is 2.26 bits per heavy atom. The zero-order valence-corrected chi connectivity index (χ0v) is 19.9. The minimum Gasteiger partial charge on any atom is -0.481 e. The van der Waals surface area contributed by atoms with E-state index < -0.39 is 22.0 Å². The van der Waals surface area contributed by atoms with Crippen LogP contribution >= 0.6 is 0 Å². The number of carbonyl (C=O) groups excluding carboxylic acids is 1. The van der Waals surface area contributed by atoms with Gasteiger partial charge in [0.25, 0.3) is 5.91 Å². The molecule has 0 aliphatic heterocycles. The van der Waals surface area contributed by atoms with Gasteiger partial charge >= 0.3 is 0 Å². The van der Waals surface area contributed by atoms with Crippen molar-refractivity contribution in [1.29, 1.82) is 0 Å². The Labute approximate surface area is 186 Å². The quantitative estimate of drug-likeness (QED) is 0.270. The first-order chi connectivity index (χ1) is 14.7. The van der Waals surface area contributed by atoms with Crippen molar-refractivity contribution in [3.63, 3.8) is 0 Å². The number of nitrogens with zero attached hydrogens (tertiary/aromatic N) is 2. The number of nitrogens with one attached hydrogen (secondary N) is 1. The largest absolute Gasteiger partial charge is 0.481 e. The van der Waals surface area contributed by atoms with Gasteiger partial charge in [0.15, 0.2) is 0 Å². The fraction of sp³-hybridized carbons (Fsp3) is 0.591. The SMILES string of the molecule is CC#CCOc1ccc(S(=O)(=O)N(CCCN(CC)CC)C(C(=O)NO)C(C)C)cc1. The normalized spacial score (nSPS) is 12.5. The van der Waals surface area contributed by atoms with Crippen molar-refractivity contribution in [3.8, 4) is 17.6 Å². The van der Waals surface area contributed by atoms with E-state index in [1.165, 1.54) is 16.4 Å². The summed E-state index contributed by atoms with van der Waals surface area (Å²) in [5.74, 6) is 4.91. The van der Waals surface area contributed by atoms with E-state index >= 15 is 0 Å². The summed E-state index contributed by atoms with van der Waals surface area (Å²) < 4.78 is 33.6. The third kappa shape index (κ3) is 7.82. The second kappa shape index (κ2) is 13.3. The summed E-state index contributed by atoms with van der Waals surface area (Å²) in [4.78, 5) is 14.6. The molecule has 1 unspecified atom stereocenters. The van der Waals surface area contributed by atoms with E-state index in [4.69, 9.17) is 4.74 Å². The number of sulfonamides is 1. The van der Waals surface area contributed by atoms with Crippen LogP contribution < -0.4 is 10.2 Å². The van der Waals surface area contributed by atoms with Crippen molar-refractivity contribution in [2.24, 2.45) is 5.92 Å². The van der Waals surface area contributed by atoms with E-state index in [-0.39, 0.29) is 24.0 Å². The Balaban J connectivity index is 3.20. The second-order valence-electron chi connectivity index (χ2n) is 7.35. The number of benzene rings is 1. The van der Waals surface area contributed by atoms with Crippen LogP contribution in [0.15, 0.2) is 29.2 Å². The molecule has 1 amide bonds. The number of amides is 1. The first kappa shape index (κ1) is 26.9. The molecule has 31 heavy (non-hydrogen) atoms. The number of hydrogen-bond donors (Lipinski definition) is 2. The Morgan fingerprint density at radius 1 is 1.16 bits per heavy atom. The molecule has 1 aromatic carbocycles. The van der Waals surface area contributed by atoms with Gasteiger partial charge in [0.1, 0.15) is 18.4 Å². The van der Waals surface area contributed by atoms with Gasteiger partial charge in [0.05, 0.1) is 4.90 Å². The van der Waals surface area contributed by atoms with Crippen LogP contribution in [-0.2, 0) is 14.8 Å². The molecule has 0 aliphatic rings. The van der Waals surface area contributed by atoms with E-state index in [0.717, 1.165) is 13.1 Å². The molecule has 0 fully saturated rings. The lowest BCUT2D eigenvalue weighted by molar-refractivity contribution is -0.134. The average Bonchev–Trinajstić information content (AvgIpc) is 2.75. The summed E-state index contributed by atoms with van der Waals surface area (Å²) >= 11 is 0. The van der Waals surface area contributed by atoms with Crippen LogP contribution in [0, 0.1) is 17.8 Å². The molecule has 1 aromatic rings. The van der Waals surface area contributed by atoms with Gasteiger partial charge in [0.2, 0.25) is 10.0 Å². The fourth-order valence-electron chi connectivity index (χ4n) is 3.27. The Hall–Kier alpha value is -2.12. The molecule has 0 aromatic heterocycles. The average molecular weight is 454 g/mol. The second-order valence-corrected chi connectivity index (χ2v) is 9.24. The van der Waals surface area contributed by atoms with Gasteiger partial charge in [-0.1, -0.05) is 33.6 Å². The number of hydroxylamine groups is 1. The predicted octanol–water partition coefficient (Wildman–Crippen LogP) is 2.34. The van der Waals surface area contributed by atoms with Crippen molar-refractivity contribution in [2.75, 3.05) is 32.8 Å². The first-order valence-electron chi connectivity index (χ1n) is 10.5. The zero-order valence-electron chi connectivity index (χ0n) is 19.1. The lowest BCUT2D eigenvalue weighted by Crippen LogP contribution is -2.52. The molecule has 0 saturated carbocycles. The Morgan fingerprint density at radius 2 is 1.77 bits per heavy atom. The van der Waals surface area contributed by atoms with Gasteiger partial charge in [-0.05, 0) is 63.2 Å². The van der Waals surface area contributed by atoms with Gasteiger partial charge in [-0.2, -0.15) is 4.31 Å². The Bertz CT molecular complexity index is 840. The van der Waals surface area contributed by atoms with Crippen LogP contribution in [0.5, 0.6) is 5.75 Å². The molecule has 0 radical (unpaired) electrons. The molecule has 174 valence electrons. The van der Waals surface area contributed by atoms with Crippen LogP contribution in [0.2, 0.25) is 0 Å². The number of ether oxygens (including phenoxy) is 1. The number of hydrogen-bond acceptors (Lipinski definition) is 6. The predicted molar refractivity (Wildman–Crippen MR) is 120 cm³/mol. The van der Waals surface area contributed by atoms with E-state index in [1.807, 2.05) is 13.8 Å². The minimum atomic E-state index is -3.99. The maximum Gasteiger partial charge on any atom is 0.262 e. The molecule has 8 nitrogen and oxygen atoms in total. The maximum atomic E-state index is 13.5. The highest BCUT2D eigenvalue weighted by Crippen LogP contribution is 2.24. The maximum absolute atomic E-state index is 13.5. The molecule has 0 heterocycles. The summed E-state index contributed by atoms with van der Waals surface area (Å²) in [6.45, 7) is 12.1. The van der Waals surface area contributed by atoms with Gasteiger partial charge in [-0.15, -0.1) is 5.92 Å². The smallest absolute Gasteiger partial charge is 0.262 e. The minimum absolute atomic E-state index is 0.0562. The van der Waals surface area contributed by atoms with Gasteiger partial charge in [0, 0.05) is 6.54 Å². The molecule has 1 rings (SSSR count). The van der Waals surface area contributed by atoms with E-state index in [9.17, 15) is 18.4 Å². The number of rotatable bonds is 13. The van der Waals surface area contributed by atoms with Crippen LogP contribution in [0.4, 0.5) is 0 Å². The Kier molecular flexibility index (Phi) is 11.6. The molecule has 0 aliphatic carbocycles. The summed E-state index contributed by atoms with van der Waals surface area (Å²) in [6, 6.07) is 5.00. The molecule has 2 N–H and O–H groups in total. The van der Waals surface area contributed by atoms with Crippen LogP contribution in [-0.4, -0.2) is 67.6 Å². The van der Waals surface area contributed by atoms with Crippen molar-refractivity contribution >= 4 is 15.9 Å². The van der Waals surface area contributed by atoms with E-state index in [1.54, 1.807) is 38.4 Å². The monoisotopic (exact) mass is 453 g/mol. The van der Waals surface area contributed by atoms with E-state index in [0.29, 0.717) is 18.7 Å². The highest BCUT2D eigenvalue weighted by Gasteiger charge is 2.37. The first-order valence-corrected chi connectivity index (χ1v) is 12.0. The lowest BCUT2D eigenvalue weighted by atomic mass is 10.0. The summed E-state index contributed by atoms with van der Waals surface area (Å²) in [6.07, 6.45) is 0.555. The van der Waals surface area contributed by atoms with Crippen molar-refractivity contribution in [2.45, 2.75) is 52.0 Å². The van der Waals surface area contributed by atoms with Gasteiger partial charge < -0.3 is 9.64 Å². The molecule has 0 saturated heterocycles. The molecular formula is C22H35N3O5S. The van der Waals surface area contributed by atoms with Gasteiger partial charge in [-0.3, -0.25) is 10.0 Å². The molecule has 0 spiro atoms. The summed E-state index contributed by atoms with van der Waals surface area (Å²) in [7, 11) is -3.99. The molecule has 0 bridgehead atoms. The number of carbonyl (C=O) groups is 1. The van der Waals surface area contributed by atoms with Crippen LogP contribution in [0.25, 0.3) is 0 Å². The molecule has 1 atom stereocenters.